The molecule has 0 bridgehead atoms. The Labute approximate surface area is 80.1 Å². The van der Waals surface area contributed by atoms with E-state index in [1.807, 2.05) is 6.92 Å². The Morgan fingerprint density at radius 1 is 1.38 bits per heavy atom. The highest BCUT2D eigenvalue weighted by atomic mass is 16.1. The van der Waals surface area contributed by atoms with Gasteiger partial charge in [0, 0.05) is 19.0 Å². The Kier molecular flexibility index (Phi) is 4.22. The fourth-order valence-electron chi connectivity index (χ4n) is 1.78. The average Bonchev–Trinajstić information content (AvgIpc) is 2.16. The van der Waals surface area contributed by atoms with Crippen molar-refractivity contribution in [3.8, 4) is 0 Å². The van der Waals surface area contributed by atoms with Gasteiger partial charge in [-0.2, -0.15) is 0 Å². The Bertz CT molecular complexity index is 162. The van der Waals surface area contributed by atoms with Gasteiger partial charge in [0.25, 0.3) is 0 Å². The first-order valence-electron chi connectivity index (χ1n) is 5.24. The molecule has 0 spiro atoms. The largest absolute Gasteiger partial charge is 0.356 e. The summed E-state index contributed by atoms with van der Waals surface area (Å²) in [5.41, 5.74) is 5.79. The number of rotatable bonds is 3. The van der Waals surface area contributed by atoms with Crippen LogP contribution in [0.25, 0.3) is 0 Å². The number of nitrogens with two attached hydrogens (primary N) is 1. The highest BCUT2D eigenvalue weighted by Crippen LogP contribution is 2.22. The van der Waals surface area contributed by atoms with Gasteiger partial charge in [0.1, 0.15) is 0 Å². The standard InChI is InChI=1S/C10H20N2O/c1-2-10(13)12-7-8-3-5-9(11)6-4-8/h8-9H,2-7,11H2,1H3,(H,12,13). The molecule has 76 valence electrons. The Morgan fingerprint density at radius 2 is 2.00 bits per heavy atom. The van der Waals surface area contributed by atoms with Crippen LogP contribution in [0.2, 0.25) is 0 Å². The molecule has 1 fully saturated rings. The molecule has 0 aliphatic heterocycles. The Hall–Kier alpha value is -0.570. The molecular weight excluding hydrogens is 164 g/mol. The van der Waals surface area contributed by atoms with E-state index in [4.69, 9.17) is 5.73 Å². The molecule has 3 heteroatoms. The summed E-state index contributed by atoms with van der Waals surface area (Å²) in [6.45, 7) is 2.73. The third-order valence-corrected chi connectivity index (χ3v) is 2.80. The van der Waals surface area contributed by atoms with Crippen molar-refractivity contribution >= 4 is 5.91 Å². The maximum absolute atomic E-state index is 11.0. The summed E-state index contributed by atoms with van der Waals surface area (Å²) >= 11 is 0. The molecule has 1 saturated carbocycles. The van der Waals surface area contributed by atoms with E-state index in [2.05, 4.69) is 5.32 Å². The first-order valence-corrected chi connectivity index (χ1v) is 5.24. The second-order valence-corrected chi connectivity index (χ2v) is 3.94. The second kappa shape index (κ2) is 5.22. The molecule has 1 aliphatic rings. The van der Waals surface area contributed by atoms with Crippen LogP contribution in [0.5, 0.6) is 0 Å². The molecule has 0 atom stereocenters. The van der Waals surface area contributed by atoms with Gasteiger partial charge < -0.3 is 11.1 Å². The van der Waals surface area contributed by atoms with E-state index in [1.165, 1.54) is 12.8 Å². The van der Waals surface area contributed by atoms with Gasteiger partial charge in [-0.1, -0.05) is 6.92 Å². The van der Waals surface area contributed by atoms with Gasteiger partial charge in [-0.05, 0) is 31.6 Å². The molecule has 0 unspecified atom stereocenters. The summed E-state index contributed by atoms with van der Waals surface area (Å²) in [6, 6.07) is 0.401. The lowest BCUT2D eigenvalue weighted by Crippen LogP contribution is -2.33. The van der Waals surface area contributed by atoms with Crippen molar-refractivity contribution < 1.29 is 4.79 Å². The quantitative estimate of drug-likeness (QED) is 0.688. The summed E-state index contributed by atoms with van der Waals surface area (Å²) in [5, 5.41) is 2.94. The predicted octanol–water partition coefficient (Wildman–Crippen LogP) is 1.03. The van der Waals surface area contributed by atoms with E-state index in [-0.39, 0.29) is 5.91 Å². The minimum Gasteiger partial charge on any atom is -0.356 e. The Morgan fingerprint density at radius 3 is 2.54 bits per heavy atom. The maximum Gasteiger partial charge on any atom is 0.219 e. The van der Waals surface area contributed by atoms with Gasteiger partial charge in [0.2, 0.25) is 5.91 Å². The van der Waals surface area contributed by atoms with Crippen molar-refractivity contribution in [2.24, 2.45) is 11.7 Å². The second-order valence-electron chi connectivity index (χ2n) is 3.94. The van der Waals surface area contributed by atoms with Gasteiger partial charge in [-0.3, -0.25) is 4.79 Å². The van der Waals surface area contributed by atoms with E-state index in [9.17, 15) is 4.79 Å². The number of nitrogens with one attached hydrogen (secondary N) is 1. The lowest BCUT2D eigenvalue weighted by molar-refractivity contribution is -0.121. The zero-order chi connectivity index (χ0) is 9.68. The summed E-state index contributed by atoms with van der Waals surface area (Å²) in [5.74, 6) is 0.824. The molecule has 0 aromatic rings. The van der Waals surface area contributed by atoms with Gasteiger partial charge in [0.15, 0.2) is 0 Å². The molecule has 0 heterocycles. The van der Waals surface area contributed by atoms with Crippen molar-refractivity contribution in [1.82, 2.24) is 5.32 Å². The molecule has 1 rings (SSSR count). The van der Waals surface area contributed by atoms with Crippen LogP contribution in [0.3, 0.4) is 0 Å². The third kappa shape index (κ3) is 3.77. The lowest BCUT2D eigenvalue weighted by Gasteiger charge is -2.25. The molecule has 3 N–H and O–H groups in total. The van der Waals surface area contributed by atoms with Gasteiger partial charge in [0.05, 0.1) is 0 Å². The van der Waals surface area contributed by atoms with Crippen LogP contribution in [0.15, 0.2) is 0 Å². The van der Waals surface area contributed by atoms with E-state index in [0.29, 0.717) is 18.4 Å². The third-order valence-electron chi connectivity index (χ3n) is 2.80. The van der Waals surface area contributed by atoms with Gasteiger partial charge >= 0.3 is 0 Å². The fraction of sp³-hybridized carbons (Fsp3) is 0.900. The van der Waals surface area contributed by atoms with Crippen molar-refractivity contribution in [2.45, 2.75) is 45.1 Å². The van der Waals surface area contributed by atoms with Crippen LogP contribution in [0, 0.1) is 5.92 Å². The zero-order valence-corrected chi connectivity index (χ0v) is 8.38. The lowest BCUT2D eigenvalue weighted by atomic mass is 9.86. The molecular formula is C10H20N2O. The normalized spacial score (nSPS) is 28.5. The molecule has 0 aromatic carbocycles. The number of hydrogen-bond donors (Lipinski definition) is 2. The summed E-state index contributed by atoms with van der Waals surface area (Å²) in [7, 11) is 0. The van der Waals surface area contributed by atoms with E-state index >= 15 is 0 Å². The number of amides is 1. The van der Waals surface area contributed by atoms with Crippen molar-refractivity contribution in [3.05, 3.63) is 0 Å². The molecule has 0 saturated heterocycles. The first-order chi connectivity index (χ1) is 6.22. The van der Waals surface area contributed by atoms with Crippen molar-refractivity contribution in [2.75, 3.05) is 6.54 Å². The SMILES string of the molecule is CCC(=O)NCC1CCC(N)CC1. The molecule has 1 amide bonds. The smallest absolute Gasteiger partial charge is 0.219 e. The summed E-state index contributed by atoms with van der Waals surface area (Å²) < 4.78 is 0. The van der Waals surface area contributed by atoms with Crippen LogP contribution >= 0.6 is 0 Å². The topological polar surface area (TPSA) is 55.1 Å². The highest BCUT2D eigenvalue weighted by Gasteiger charge is 2.18. The minimum atomic E-state index is 0.162. The van der Waals surface area contributed by atoms with Gasteiger partial charge in [-0.15, -0.1) is 0 Å². The number of carbonyl (C=O) groups excluding carboxylic acids is 1. The van der Waals surface area contributed by atoms with Crippen LogP contribution in [-0.2, 0) is 4.79 Å². The first kappa shape index (κ1) is 10.5. The number of hydrogen-bond acceptors (Lipinski definition) is 2. The van der Waals surface area contributed by atoms with E-state index in [1.54, 1.807) is 0 Å². The molecule has 1 aliphatic carbocycles. The van der Waals surface area contributed by atoms with Crippen LogP contribution in [-0.4, -0.2) is 18.5 Å². The van der Waals surface area contributed by atoms with Crippen molar-refractivity contribution in [3.63, 3.8) is 0 Å². The monoisotopic (exact) mass is 184 g/mol. The molecule has 3 nitrogen and oxygen atoms in total. The van der Waals surface area contributed by atoms with Crippen molar-refractivity contribution in [1.29, 1.82) is 0 Å². The molecule has 0 aromatic heterocycles. The van der Waals surface area contributed by atoms with E-state index < -0.39 is 0 Å². The zero-order valence-electron chi connectivity index (χ0n) is 8.38. The van der Waals surface area contributed by atoms with Crippen LogP contribution < -0.4 is 11.1 Å². The maximum atomic E-state index is 11.0. The summed E-state index contributed by atoms with van der Waals surface area (Å²) in [6.07, 6.45) is 5.17. The van der Waals surface area contributed by atoms with Crippen LogP contribution in [0.1, 0.15) is 39.0 Å². The van der Waals surface area contributed by atoms with Gasteiger partial charge in [-0.25, -0.2) is 0 Å². The molecule has 13 heavy (non-hydrogen) atoms. The fourth-order valence-corrected chi connectivity index (χ4v) is 1.78. The molecule has 0 radical (unpaired) electrons. The van der Waals surface area contributed by atoms with Crippen LogP contribution in [0.4, 0.5) is 0 Å². The highest BCUT2D eigenvalue weighted by molar-refractivity contribution is 5.75. The average molecular weight is 184 g/mol. The van der Waals surface area contributed by atoms with E-state index in [0.717, 1.165) is 19.4 Å². The summed E-state index contributed by atoms with van der Waals surface area (Å²) in [4.78, 5) is 11.0. The predicted molar refractivity (Wildman–Crippen MR) is 53.2 cm³/mol. The Balaban J connectivity index is 2.12. The number of carbonyl (C=O) groups is 1. The minimum absolute atomic E-state index is 0.162.